The highest BCUT2D eigenvalue weighted by Crippen LogP contribution is 2.33. The van der Waals surface area contributed by atoms with E-state index in [2.05, 4.69) is 116 Å². The molecule has 1 aliphatic rings. The standard InChI is InChI=1S/C42H60N2/c1-4-5-6-7-8-9-10-11-12-13-14-21-37(38-28-32-40(33-29-38)44-42-23-18-16-20-35(42)3)27-24-36-25-30-39(31-26-36)43-41-22-17-15-19-34(41)2/h15-20,22-23,25-26,28,30-32,37-38,40,43-44H,4-14,21,24,27,29,33H2,1-3H3. The Morgan fingerprint density at radius 2 is 1.20 bits per heavy atom. The number of hydrogen-bond donors (Lipinski definition) is 2. The van der Waals surface area contributed by atoms with Crippen LogP contribution in [0.2, 0.25) is 0 Å². The zero-order valence-electron chi connectivity index (χ0n) is 28.1. The molecular formula is C42H60N2. The number of anilines is 3. The summed E-state index contributed by atoms with van der Waals surface area (Å²) >= 11 is 0. The third-order valence-electron chi connectivity index (χ3n) is 9.85. The molecule has 4 rings (SSSR count). The molecule has 0 fully saturated rings. The molecule has 2 N–H and O–H groups in total. The van der Waals surface area contributed by atoms with Crippen molar-refractivity contribution in [2.24, 2.45) is 11.8 Å². The zero-order chi connectivity index (χ0) is 30.8. The summed E-state index contributed by atoms with van der Waals surface area (Å²) in [6.07, 6.45) is 27.0. The lowest BCUT2D eigenvalue weighted by molar-refractivity contribution is 0.303. The second-order valence-corrected chi connectivity index (χ2v) is 13.5. The molecule has 3 atom stereocenters. The molecule has 3 aromatic rings. The topological polar surface area (TPSA) is 24.1 Å². The number of para-hydroxylation sites is 2. The highest BCUT2D eigenvalue weighted by atomic mass is 14.9. The van der Waals surface area contributed by atoms with E-state index in [0.29, 0.717) is 12.0 Å². The van der Waals surface area contributed by atoms with E-state index in [1.165, 1.54) is 136 Å². The van der Waals surface area contributed by atoms with Crippen molar-refractivity contribution in [1.29, 1.82) is 0 Å². The molecule has 0 saturated heterocycles. The molecular weight excluding hydrogens is 532 g/mol. The molecule has 0 radical (unpaired) electrons. The summed E-state index contributed by atoms with van der Waals surface area (Å²) in [6, 6.07) is 26.8. The Hall–Kier alpha value is -3.00. The molecule has 0 aromatic heterocycles. The molecule has 0 aliphatic heterocycles. The van der Waals surface area contributed by atoms with Gasteiger partial charge in [-0.3, -0.25) is 0 Å². The van der Waals surface area contributed by atoms with Crippen LogP contribution < -0.4 is 10.6 Å². The van der Waals surface area contributed by atoms with Gasteiger partial charge in [-0.2, -0.15) is 0 Å². The molecule has 3 unspecified atom stereocenters. The molecule has 0 amide bonds. The molecule has 0 bridgehead atoms. The molecule has 2 heteroatoms. The van der Waals surface area contributed by atoms with Crippen LogP contribution in [0.3, 0.4) is 0 Å². The van der Waals surface area contributed by atoms with Gasteiger partial charge in [0.25, 0.3) is 0 Å². The van der Waals surface area contributed by atoms with Gasteiger partial charge in [0, 0.05) is 23.1 Å². The van der Waals surface area contributed by atoms with Gasteiger partial charge in [0.05, 0.1) is 0 Å². The quantitative estimate of drug-likeness (QED) is 0.101. The second-order valence-electron chi connectivity index (χ2n) is 13.5. The Balaban J connectivity index is 1.26. The second kappa shape index (κ2) is 19.4. The van der Waals surface area contributed by atoms with Crippen LogP contribution in [-0.2, 0) is 6.42 Å². The van der Waals surface area contributed by atoms with E-state index in [4.69, 9.17) is 0 Å². The minimum atomic E-state index is 0.447. The summed E-state index contributed by atoms with van der Waals surface area (Å²) in [4.78, 5) is 0. The van der Waals surface area contributed by atoms with Crippen LogP contribution in [0.4, 0.5) is 17.1 Å². The summed E-state index contributed by atoms with van der Waals surface area (Å²) in [7, 11) is 0. The van der Waals surface area contributed by atoms with E-state index in [0.717, 1.165) is 5.92 Å². The normalized spacial score (nSPS) is 17.0. The molecule has 0 saturated carbocycles. The predicted molar refractivity (Wildman–Crippen MR) is 194 cm³/mol. The number of aryl methyl sites for hydroxylation is 3. The highest BCUT2D eigenvalue weighted by molar-refractivity contribution is 5.63. The third kappa shape index (κ3) is 11.8. The average molecular weight is 593 g/mol. The van der Waals surface area contributed by atoms with E-state index in [9.17, 15) is 0 Å². The van der Waals surface area contributed by atoms with E-state index < -0.39 is 0 Å². The summed E-state index contributed by atoms with van der Waals surface area (Å²) < 4.78 is 0. The van der Waals surface area contributed by atoms with Crippen molar-refractivity contribution < 1.29 is 0 Å². The van der Waals surface area contributed by atoms with Crippen LogP contribution in [0.15, 0.2) is 84.9 Å². The molecule has 0 heterocycles. The third-order valence-corrected chi connectivity index (χ3v) is 9.85. The van der Waals surface area contributed by atoms with Crippen molar-refractivity contribution in [2.75, 3.05) is 10.6 Å². The first-order chi connectivity index (χ1) is 21.6. The van der Waals surface area contributed by atoms with Crippen molar-refractivity contribution in [3.63, 3.8) is 0 Å². The van der Waals surface area contributed by atoms with E-state index in [-0.39, 0.29) is 0 Å². The van der Waals surface area contributed by atoms with Crippen LogP contribution in [0, 0.1) is 25.7 Å². The Bertz CT molecular complexity index is 1230. The van der Waals surface area contributed by atoms with Crippen molar-refractivity contribution in [2.45, 2.75) is 130 Å². The van der Waals surface area contributed by atoms with Crippen LogP contribution in [0.5, 0.6) is 0 Å². The monoisotopic (exact) mass is 592 g/mol. The maximum atomic E-state index is 3.79. The summed E-state index contributed by atoms with van der Waals surface area (Å²) in [5.74, 6) is 1.48. The van der Waals surface area contributed by atoms with Crippen LogP contribution in [0.25, 0.3) is 0 Å². The number of hydrogen-bond acceptors (Lipinski definition) is 2. The van der Waals surface area contributed by atoms with Crippen molar-refractivity contribution in [3.05, 3.63) is 102 Å². The maximum Gasteiger partial charge on any atom is 0.0444 e. The van der Waals surface area contributed by atoms with Gasteiger partial charge in [0.2, 0.25) is 0 Å². The fourth-order valence-electron chi connectivity index (χ4n) is 6.91. The summed E-state index contributed by atoms with van der Waals surface area (Å²) in [6.45, 7) is 6.66. The van der Waals surface area contributed by atoms with E-state index in [1.807, 2.05) is 0 Å². The number of rotatable bonds is 20. The fourth-order valence-corrected chi connectivity index (χ4v) is 6.91. The van der Waals surface area contributed by atoms with Gasteiger partial charge in [-0.25, -0.2) is 0 Å². The lowest BCUT2D eigenvalue weighted by Gasteiger charge is -2.31. The Morgan fingerprint density at radius 3 is 1.80 bits per heavy atom. The Morgan fingerprint density at radius 1 is 0.614 bits per heavy atom. The van der Waals surface area contributed by atoms with E-state index >= 15 is 0 Å². The largest absolute Gasteiger partial charge is 0.379 e. The lowest BCUT2D eigenvalue weighted by Crippen LogP contribution is -2.25. The average Bonchev–Trinajstić information content (AvgIpc) is 3.04. The fraction of sp³-hybridized carbons (Fsp3) is 0.524. The van der Waals surface area contributed by atoms with Gasteiger partial charge >= 0.3 is 0 Å². The maximum absolute atomic E-state index is 3.79. The van der Waals surface area contributed by atoms with Crippen LogP contribution >= 0.6 is 0 Å². The molecule has 238 valence electrons. The van der Waals surface area contributed by atoms with Gasteiger partial charge in [-0.1, -0.05) is 138 Å². The lowest BCUT2D eigenvalue weighted by atomic mass is 9.77. The minimum absolute atomic E-state index is 0.447. The molecule has 44 heavy (non-hydrogen) atoms. The first-order valence-electron chi connectivity index (χ1n) is 18.0. The molecule has 0 spiro atoms. The predicted octanol–water partition coefficient (Wildman–Crippen LogP) is 12.7. The smallest absolute Gasteiger partial charge is 0.0444 e. The zero-order valence-corrected chi connectivity index (χ0v) is 28.1. The number of benzene rings is 3. The van der Waals surface area contributed by atoms with Gasteiger partial charge < -0.3 is 10.6 Å². The van der Waals surface area contributed by atoms with E-state index in [1.54, 1.807) is 0 Å². The van der Waals surface area contributed by atoms with Crippen LogP contribution in [0.1, 0.15) is 120 Å². The van der Waals surface area contributed by atoms with Gasteiger partial charge in [0.1, 0.15) is 0 Å². The molecule has 3 aromatic carbocycles. The first-order valence-corrected chi connectivity index (χ1v) is 18.0. The highest BCUT2D eigenvalue weighted by Gasteiger charge is 2.23. The number of nitrogens with one attached hydrogen (secondary N) is 2. The minimum Gasteiger partial charge on any atom is -0.379 e. The van der Waals surface area contributed by atoms with Crippen molar-refractivity contribution in [1.82, 2.24) is 0 Å². The van der Waals surface area contributed by atoms with Crippen molar-refractivity contribution in [3.8, 4) is 0 Å². The summed E-state index contributed by atoms with van der Waals surface area (Å²) in [5, 5.41) is 7.38. The Kier molecular flexibility index (Phi) is 14.9. The van der Waals surface area contributed by atoms with Gasteiger partial charge in [0.15, 0.2) is 0 Å². The Labute approximate surface area is 270 Å². The van der Waals surface area contributed by atoms with Gasteiger partial charge in [-0.05, 0) is 98.7 Å². The number of unbranched alkanes of at least 4 members (excludes halogenated alkanes) is 10. The molecule has 1 aliphatic carbocycles. The SMILES string of the molecule is CCCCCCCCCCCCCC(CCc1ccc(Nc2ccccc2C)cc1)C1C=CC(Nc2ccccc2C)CC1. The number of allylic oxidation sites excluding steroid dienone is 1. The molecule has 2 nitrogen and oxygen atoms in total. The van der Waals surface area contributed by atoms with Gasteiger partial charge in [-0.15, -0.1) is 0 Å². The first kappa shape index (κ1) is 33.9. The van der Waals surface area contributed by atoms with Crippen molar-refractivity contribution >= 4 is 17.1 Å². The summed E-state index contributed by atoms with van der Waals surface area (Å²) in [5.41, 5.74) is 7.70. The van der Waals surface area contributed by atoms with Crippen LogP contribution in [-0.4, -0.2) is 6.04 Å².